The SMILES string of the molecule is O=C(Nc1cc(Cl)ccc1C#CCO)C1CCC1. The summed E-state index contributed by atoms with van der Waals surface area (Å²) in [7, 11) is 0. The zero-order valence-corrected chi connectivity index (χ0v) is 10.6. The van der Waals surface area contributed by atoms with Crippen molar-refractivity contribution in [1.82, 2.24) is 0 Å². The number of aliphatic hydroxyl groups excluding tert-OH is 1. The maximum absolute atomic E-state index is 11.9. The molecule has 0 heterocycles. The zero-order chi connectivity index (χ0) is 13.0. The van der Waals surface area contributed by atoms with Gasteiger partial charge >= 0.3 is 0 Å². The Morgan fingerprint density at radius 2 is 2.28 bits per heavy atom. The molecular formula is C14H14ClNO2. The van der Waals surface area contributed by atoms with E-state index in [9.17, 15) is 4.79 Å². The van der Waals surface area contributed by atoms with Gasteiger partial charge in [-0.25, -0.2) is 0 Å². The van der Waals surface area contributed by atoms with Gasteiger partial charge in [0, 0.05) is 16.5 Å². The molecule has 0 bridgehead atoms. The average molecular weight is 264 g/mol. The van der Waals surface area contributed by atoms with E-state index in [-0.39, 0.29) is 18.4 Å². The number of hydrogen-bond donors (Lipinski definition) is 2. The largest absolute Gasteiger partial charge is 0.384 e. The fourth-order valence-electron chi connectivity index (χ4n) is 1.77. The summed E-state index contributed by atoms with van der Waals surface area (Å²) < 4.78 is 0. The van der Waals surface area contributed by atoms with Crippen molar-refractivity contribution in [3.05, 3.63) is 28.8 Å². The number of amides is 1. The number of hydrogen-bond acceptors (Lipinski definition) is 2. The van der Waals surface area contributed by atoms with E-state index in [0.717, 1.165) is 19.3 Å². The lowest BCUT2D eigenvalue weighted by Crippen LogP contribution is -2.28. The minimum absolute atomic E-state index is 0.0237. The number of aliphatic hydroxyl groups is 1. The highest BCUT2D eigenvalue weighted by Crippen LogP contribution is 2.28. The lowest BCUT2D eigenvalue weighted by molar-refractivity contribution is -0.122. The average Bonchev–Trinajstić information content (AvgIpc) is 2.25. The summed E-state index contributed by atoms with van der Waals surface area (Å²) in [5.74, 6) is 5.50. The monoisotopic (exact) mass is 263 g/mol. The number of nitrogens with one attached hydrogen (secondary N) is 1. The Kier molecular flexibility index (Phi) is 4.24. The molecule has 2 N–H and O–H groups in total. The fourth-order valence-corrected chi connectivity index (χ4v) is 1.94. The van der Waals surface area contributed by atoms with Gasteiger partial charge in [-0.2, -0.15) is 0 Å². The number of anilines is 1. The first kappa shape index (κ1) is 12.9. The van der Waals surface area contributed by atoms with Crippen LogP contribution in [0.4, 0.5) is 5.69 Å². The molecule has 4 heteroatoms. The highest BCUT2D eigenvalue weighted by atomic mass is 35.5. The number of carbonyl (C=O) groups is 1. The molecule has 1 aromatic carbocycles. The van der Waals surface area contributed by atoms with Crippen LogP contribution in [-0.2, 0) is 4.79 Å². The summed E-state index contributed by atoms with van der Waals surface area (Å²) in [4.78, 5) is 11.9. The Hall–Kier alpha value is -1.50. The predicted molar refractivity (Wildman–Crippen MR) is 71.4 cm³/mol. The second-order valence-corrected chi connectivity index (χ2v) is 4.70. The van der Waals surface area contributed by atoms with Gasteiger partial charge in [-0.15, -0.1) is 0 Å². The summed E-state index contributed by atoms with van der Waals surface area (Å²) in [6, 6.07) is 5.13. The predicted octanol–water partition coefficient (Wildman–Crippen LogP) is 2.42. The van der Waals surface area contributed by atoms with Crippen LogP contribution >= 0.6 is 11.6 Å². The van der Waals surface area contributed by atoms with Crippen molar-refractivity contribution in [3.63, 3.8) is 0 Å². The highest BCUT2D eigenvalue weighted by Gasteiger charge is 2.25. The van der Waals surface area contributed by atoms with Crippen LogP contribution in [0.2, 0.25) is 5.02 Å². The highest BCUT2D eigenvalue weighted by molar-refractivity contribution is 6.31. The Morgan fingerprint density at radius 1 is 1.50 bits per heavy atom. The number of halogens is 1. The van der Waals surface area contributed by atoms with Crippen LogP contribution in [0.1, 0.15) is 24.8 Å². The fraction of sp³-hybridized carbons (Fsp3) is 0.357. The molecule has 1 aliphatic rings. The standard InChI is InChI=1S/C14H14ClNO2/c15-12-7-6-10(5-2-8-17)13(9-12)16-14(18)11-3-1-4-11/h6-7,9,11,17H,1,3-4,8H2,(H,16,18). The van der Waals surface area contributed by atoms with E-state index in [4.69, 9.17) is 16.7 Å². The summed E-state index contributed by atoms with van der Waals surface area (Å²) in [6.07, 6.45) is 3.01. The Balaban J connectivity index is 2.18. The number of carbonyl (C=O) groups excluding carboxylic acids is 1. The molecule has 0 aliphatic heterocycles. The molecule has 0 atom stereocenters. The normalized spacial score (nSPS) is 14.3. The van der Waals surface area contributed by atoms with Crippen LogP contribution in [0, 0.1) is 17.8 Å². The van der Waals surface area contributed by atoms with Gasteiger partial charge in [-0.1, -0.05) is 29.9 Å². The van der Waals surface area contributed by atoms with Crippen molar-refractivity contribution in [2.75, 3.05) is 11.9 Å². The molecule has 2 rings (SSSR count). The molecule has 0 aromatic heterocycles. The summed E-state index contributed by atoms with van der Waals surface area (Å²) in [5.41, 5.74) is 1.28. The molecule has 0 unspecified atom stereocenters. The molecule has 1 aliphatic carbocycles. The Bertz CT molecular complexity index is 512. The van der Waals surface area contributed by atoms with Crippen molar-refractivity contribution in [1.29, 1.82) is 0 Å². The van der Waals surface area contributed by atoms with E-state index in [0.29, 0.717) is 16.3 Å². The molecule has 1 aromatic rings. The van der Waals surface area contributed by atoms with Gasteiger partial charge < -0.3 is 10.4 Å². The van der Waals surface area contributed by atoms with Crippen LogP contribution < -0.4 is 5.32 Å². The van der Waals surface area contributed by atoms with Crippen LogP contribution in [-0.4, -0.2) is 17.6 Å². The molecule has 0 spiro atoms. The second kappa shape index (κ2) is 5.90. The van der Waals surface area contributed by atoms with Crippen molar-refractivity contribution < 1.29 is 9.90 Å². The molecule has 0 saturated heterocycles. The zero-order valence-electron chi connectivity index (χ0n) is 9.87. The molecule has 3 nitrogen and oxygen atoms in total. The van der Waals surface area contributed by atoms with Crippen LogP contribution in [0.3, 0.4) is 0 Å². The third-order valence-electron chi connectivity index (χ3n) is 3.02. The Labute approximate surface area is 111 Å². The smallest absolute Gasteiger partial charge is 0.227 e. The lowest BCUT2D eigenvalue weighted by atomic mass is 9.85. The number of benzene rings is 1. The van der Waals surface area contributed by atoms with Crippen molar-refractivity contribution in [3.8, 4) is 11.8 Å². The quantitative estimate of drug-likeness (QED) is 0.805. The lowest BCUT2D eigenvalue weighted by Gasteiger charge is -2.24. The third kappa shape index (κ3) is 3.04. The van der Waals surface area contributed by atoms with Gasteiger partial charge in [0.2, 0.25) is 5.91 Å². The van der Waals surface area contributed by atoms with Gasteiger partial charge in [-0.3, -0.25) is 4.79 Å². The summed E-state index contributed by atoms with van der Waals surface area (Å²) in [5, 5.41) is 12.1. The second-order valence-electron chi connectivity index (χ2n) is 4.27. The summed E-state index contributed by atoms with van der Waals surface area (Å²) in [6.45, 7) is -0.210. The molecule has 94 valence electrons. The van der Waals surface area contributed by atoms with Gasteiger partial charge in [-0.05, 0) is 31.0 Å². The van der Waals surface area contributed by atoms with Crippen molar-refractivity contribution in [2.24, 2.45) is 5.92 Å². The van der Waals surface area contributed by atoms with Gasteiger partial charge in [0.25, 0.3) is 0 Å². The molecule has 0 radical (unpaired) electrons. The third-order valence-corrected chi connectivity index (χ3v) is 3.25. The molecule has 18 heavy (non-hydrogen) atoms. The van der Waals surface area contributed by atoms with E-state index in [2.05, 4.69) is 17.2 Å². The van der Waals surface area contributed by atoms with E-state index < -0.39 is 0 Å². The molecular weight excluding hydrogens is 250 g/mol. The van der Waals surface area contributed by atoms with Crippen molar-refractivity contribution in [2.45, 2.75) is 19.3 Å². The van der Waals surface area contributed by atoms with Crippen LogP contribution in [0.25, 0.3) is 0 Å². The van der Waals surface area contributed by atoms with E-state index in [1.807, 2.05) is 0 Å². The Morgan fingerprint density at radius 3 is 2.89 bits per heavy atom. The van der Waals surface area contributed by atoms with Crippen molar-refractivity contribution >= 4 is 23.2 Å². The first-order valence-electron chi connectivity index (χ1n) is 5.91. The maximum Gasteiger partial charge on any atom is 0.227 e. The number of rotatable bonds is 2. The summed E-state index contributed by atoms with van der Waals surface area (Å²) >= 11 is 5.91. The maximum atomic E-state index is 11.9. The first-order chi connectivity index (χ1) is 8.70. The van der Waals surface area contributed by atoms with Gasteiger partial charge in [0.15, 0.2) is 0 Å². The topological polar surface area (TPSA) is 49.3 Å². The van der Waals surface area contributed by atoms with Gasteiger partial charge in [0.1, 0.15) is 6.61 Å². The molecule has 1 amide bonds. The van der Waals surface area contributed by atoms with Gasteiger partial charge in [0.05, 0.1) is 5.69 Å². The minimum Gasteiger partial charge on any atom is -0.384 e. The van der Waals surface area contributed by atoms with Crippen LogP contribution in [0.15, 0.2) is 18.2 Å². The molecule has 1 saturated carbocycles. The van der Waals surface area contributed by atoms with E-state index >= 15 is 0 Å². The minimum atomic E-state index is -0.210. The molecule has 1 fully saturated rings. The van der Waals surface area contributed by atoms with Crippen LogP contribution in [0.5, 0.6) is 0 Å². The van der Waals surface area contributed by atoms with E-state index in [1.165, 1.54) is 0 Å². The van der Waals surface area contributed by atoms with E-state index in [1.54, 1.807) is 18.2 Å². The first-order valence-corrected chi connectivity index (χ1v) is 6.28.